The van der Waals surface area contributed by atoms with Crippen LogP contribution in [0.3, 0.4) is 0 Å². The van der Waals surface area contributed by atoms with Gasteiger partial charge in [0.15, 0.2) is 0 Å². The van der Waals surface area contributed by atoms with Crippen molar-refractivity contribution in [2.75, 3.05) is 0 Å². The van der Waals surface area contributed by atoms with E-state index in [1.807, 2.05) is 6.07 Å². The fourth-order valence-corrected chi connectivity index (χ4v) is 1.38. The minimum Gasteiger partial charge on any atom is -0.302 e. The average Bonchev–Trinajstić information content (AvgIpc) is 2.11. The lowest BCUT2D eigenvalue weighted by atomic mass is 10.0. The zero-order valence-corrected chi connectivity index (χ0v) is 8.64. The molecule has 1 nitrogen and oxygen atoms in total. The first-order valence-corrected chi connectivity index (χ1v) is 4.72. The molecule has 2 heteroatoms. The summed E-state index contributed by atoms with van der Waals surface area (Å²) in [6, 6.07) is 6.15. The van der Waals surface area contributed by atoms with E-state index >= 15 is 0 Å². The summed E-state index contributed by atoms with van der Waals surface area (Å²) in [5.74, 6) is 0. The minimum atomic E-state index is -0.401. The molecule has 13 heavy (non-hydrogen) atoms. The Labute approximate surface area is 83.7 Å². The first kappa shape index (κ1) is 10.3. The van der Waals surface area contributed by atoms with Crippen molar-refractivity contribution >= 4 is 17.9 Å². The molecule has 1 aromatic rings. The van der Waals surface area contributed by atoms with Gasteiger partial charge in [0.1, 0.15) is 6.29 Å². The molecular weight excluding hydrogens is 184 g/mol. The van der Waals surface area contributed by atoms with E-state index in [2.05, 4.69) is 26.0 Å². The number of aryl methyl sites for hydroxylation is 2. The van der Waals surface area contributed by atoms with Gasteiger partial charge in [-0.05, 0) is 37.0 Å². The van der Waals surface area contributed by atoms with Gasteiger partial charge in [-0.3, -0.25) is 0 Å². The normalized spacial score (nSPS) is 12.5. The Hall–Kier alpha value is -0.820. The van der Waals surface area contributed by atoms with Gasteiger partial charge in [-0.1, -0.05) is 18.2 Å². The molecule has 1 atom stereocenters. The van der Waals surface area contributed by atoms with Gasteiger partial charge in [0, 0.05) is 0 Å². The molecule has 70 valence electrons. The highest BCUT2D eigenvalue weighted by atomic mass is 35.5. The fraction of sp³-hybridized carbons (Fsp3) is 0.364. The van der Waals surface area contributed by atoms with E-state index < -0.39 is 5.38 Å². The Morgan fingerprint density at radius 3 is 2.62 bits per heavy atom. The second kappa shape index (κ2) is 4.43. The summed E-state index contributed by atoms with van der Waals surface area (Å²) in [5, 5.41) is -0.401. The van der Waals surface area contributed by atoms with Crippen molar-refractivity contribution in [1.29, 1.82) is 0 Å². The molecule has 0 spiro atoms. The van der Waals surface area contributed by atoms with Gasteiger partial charge in [0.2, 0.25) is 0 Å². The highest BCUT2D eigenvalue weighted by Gasteiger charge is 2.04. The third kappa shape index (κ3) is 2.85. The quantitative estimate of drug-likeness (QED) is 0.537. The fourth-order valence-electron chi connectivity index (χ4n) is 1.20. The maximum Gasteiger partial charge on any atom is 0.138 e. The van der Waals surface area contributed by atoms with Crippen LogP contribution in [0.1, 0.15) is 16.7 Å². The van der Waals surface area contributed by atoms with Crippen LogP contribution < -0.4 is 0 Å². The van der Waals surface area contributed by atoms with Crippen LogP contribution in [0, 0.1) is 13.8 Å². The van der Waals surface area contributed by atoms with E-state index in [1.54, 1.807) is 0 Å². The lowest BCUT2D eigenvalue weighted by Crippen LogP contribution is -2.04. The van der Waals surface area contributed by atoms with Crippen molar-refractivity contribution in [2.45, 2.75) is 25.6 Å². The molecule has 0 aliphatic carbocycles. The lowest BCUT2D eigenvalue weighted by Gasteiger charge is -2.05. The number of rotatable bonds is 3. The number of carbonyl (C=O) groups excluding carboxylic acids is 1. The maximum absolute atomic E-state index is 10.3. The van der Waals surface area contributed by atoms with E-state index in [4.69, 9.17) is 11.6 Å². The molecule has 1 unspecified atom stereocenters. The molecule has 0 saturated carbocycles. The first-order chi connectivity index (χ1) is 6.13. The molecule has 0 saturated heterocycles. The summed E-state index contributed by atoms with van der Waals surface area (Å²) in [6.07, 6.45) is 1.39. The van der Waals surface area contributed by atoms with Gasteiger partial charge in [-0.25, -0.2) is 0 Å². The summed E-state index contributed by atoms with van der Waals surface area (Å²) < 4.78 is 0. The molecule has 0 bridgehead atoms. The summed E-state index contributed by atoms with van der Waals surface area (Å²) >= 11 is 5.72. The van der Waals surface area contributed by atoms with Gasteiger partial charge in [0.25, 0.3) is 0 Å². The van der Waals surface area contributed by atoms with Crippen molar-refractivity contribution in [1.82, 2.24) is 0 Å². The van der Waals surface area contributed by atoms with Crippen molar-refractivity contribution in [3.8, 4) is 0 Å². The molecular formula is C11H13ClO. The third-order valence-electron chi connectivity index (χ3n) is 2.15. The van der Waals surface area contributed by atoms with Gasteiger partial charge in [-0.15, -0.1) is 11.6 Å². The number of benzene rings is 1. The lowest BCUT2D eigenvalue weighted by molar-refractivity contribution is -0.107. The van der Waals surface area contributed by atoms with Gasteiger partial charge in [0.05, 0.1) is 5.38 Å². The predicted molar refractivity (Wildman–Crippen MR) is 55.3 cm³/mol. The summed E-state index contributed by atoms with van der Waals surface area (Å²) in [4.78, 5) is 10.3. The predicted octanol–water partition coefficient (Wildman–Crippen LogP) is 2.65. The average molecular weight is 197 g/mol. The molecule has 0 radical (unpaired) electrons. The number of hydrogen-bond donors (Lipinski definition) is 0. The smallest absolute Gasteiger partial charge is 0.138 e. The molecule has 0 fully saturated rings. The number of alkyl halides is 1. The Bertz CT molecular complexity index is 307. The van der Waals surface area contributed by atoms with Crippen molar-refractivity contribution < 1.29 is 4.79 Å². The van der Waals surface area contributed by atoms with Crippen molar-refractivity contribution in [3.63, 3.8) is 0 Å². The standard InChI is InChI=1S/C11H13ClO/c1-8-3-4-10(5-9(8)2)6-11(12)7-13/h3-5,7,11H,6H2,1-2H3. The number of halogens is 1. The van der Waals surface area contributed by atoms with E-state index in [0.717, 1.165) is 11.8 Å². The minimum absolute atomic E-state index is 0.401. The van der Waals surface area contributed by atoms with Crippen LogP contribution in [0.25, 0.3) is 0 Å². The van der Waals surface area contributed by atoms with Gasteiger partial charge in [-0.2, -0.15) is 0 Å². The van der Waals surface area contributed by atoms with Gasteiger partial charge < -0.3 is 4.79 Å². The van der Waals surface area contributed by atoms with E-state index in [9.17, 15) is 4.79 Å². The molecule has 1 aromatic carbocycles. The Morgan fingerprint density at radius 2 is 2.08 bits per heavy atom. The van der Waals surface area contributed by atoms with Crippen molar-refractivity contribution in [2.24, 2.45) is 0 Å². The number of aldehydes is 1. The van der Waals surface area contributed by atoms with Crippen LogP contribution in [0.15, 0.2) is 18.2 Å². The third-order valence-corrected chi connectivity index (χ3v) is 2.41. The largest absolute Gasteiger partial charge is 0.302 e. The van der Waals surface area contributed by atoms with Crippen LogP contribution >= 0.6 is 11.6 Å². The van der Waals surface area contributed by atoms with E-state index in [0.29, 0.717) is 6.42 Å². The maximum atomic E-state index is 10.3. The molecule has 1 rings (SSSR count). The SMILES string of the molecule is Cc1ccc(CC(Cl)C=O)cc1C. The molecule has 0 N–H and O–H groups in total. The van der Waals surface area contributed by atoms with Crippen molar-refractivity contribution in [3.05, 3.63) is 34.9 Å². The zero-order chi connectivity index (χ0) is 9.84. The van der Waals surface area contributed by atoms with Gasteiger partial charge >= 0.3 is 0 Å². The Balaban J connectivity index is 2.79. The van der Waals surface area contributed by atoms with E-state index in [-0.39, 0.29) is 0 Å². The number of carbonyl (C=O) groups is 1. The Morgan fingerprint density at radius 1 is 1.38 bits per heavy atom. The number of hydrogen-bond acceptors (Lipinski definition) is 1. The molecule has 0 aliphatic heterocycles. The van der Waals surface area contributed by atoms with Crippen LogP contribution in [0.5, 0.6) is 0 Å². The monoisotopic (exact) mass is 196 g/mol. The van der Waals surface area contributed by atoms with Crippen LogP contribution in [-0.2, 0) is 11.2 Å². The second-order valence-corrected chi connectivity index (χ2v) is 3.84. The zero-order valence-electron chi connectivity index (χ0n) is 7.88. The Kier molecular flexibility index (Phi) is 3.49. The molecule has 0 aromatic heterocycles. The highest BCUT2D eigenvalue weighted by Crippen LogP contribution is 2.12. The summed E-state index contributed by atoms with van der Waals surface area (Å²) in [5.41, 5.74) is 3.63. The molecule has 0 amide bonds. The first-order valence-electron chi connectivity index (χ1n) is 4.29. The summed E-state index contributed by atoms with van der Waals surface area (Å²) in [7, 11) is 0. The second-order valence-electron chi connectivity index (χ2n) is 3.27. The van der Waals surface area contributed by atoms with Crippen LogP contribution in [-0.4, -0.2) is 11.7 Å². The summed E-state index contributed by atoms with van der Waals surface area (Å²) in [6.45, 7) is 4.12. The van der Waals surface area contributed by atoms with Crippen LogP contribution in [0.2, 0.25) is 0 Å². The molecule has 0 heterocycles. The highest BCUT2D eigenvalue weighted by molar-refractivity contribution is 6.27. The molecule has 0 aliphatic rings. The van der Waals surface area contributed by atoms with Crippen LogP contribution in [0.4, 0.5) is 0 Å². The van der Waals surface area contributed by atoms with E-state index in [1.165, 1.54) is 11.1 Å². The topological polar surface area (TPSA) is 17.1 Å².